The number of rotatable bonds is 5. The number of amides is 1. The van der Waals surface area contributed by atoms with E-state index in [0.717, 1.165) is 17.5 Å². The van der Waals surface area contributed by atoms with Crippen LogP contribution in [0.4, 0.5) is 4.39 Å². The van der Waals surface area contributed by atoms with Crippen LogP contribution in [-0.2, 0) is 4.79 Å². The van der Waals surface area contributed by atoms with E-state index in [1.807, 2.05) is 42.5 Å². The number of carbonyl (C=O) groups is 2. The number of hydrogen-bond acceptors (Lipinski definition) is 3. The summed E-state index contributed by atoms with van der Waals surface area (Å²) in [5.41, 5.74) is 2.43. The Morgan fingerprint density at radius 1 is 1.06 bits per heavy atom. The number of carbonyl (C=O) groups excluding carboxylic acids is 2. The molecule has 4 rings (SSSR count). The van der Waals surface area contributed by atoms with Crippen molar-refractivity contribution in [1.29, 1.82) is 0 Å². The van der Waals surface area contributed by atoms with Gasteiger partial charge in [-0.3, -0.25) is 14.6 Å². The molecule has 5 heteroatoms. The first-order chi connectivity index (χ1) is 15.1. The number of piperidine rings is 1. The third kappa shape index (κ3) is 4.94. The fraction of sp³-hybridized carbons (Fsp3) is 0.192. The monoisotopic (exact) mass is 414 g/mol. The summed E-state index contributed by atoms with van der Waals surface area (Å²) in [6.45, 7) is 0.957. The molecule has 1 aliphatic rings. The Kier molecular flexibility index (Phi) is 6.32. The highest BCUT2D eigenvalue weighted by molar-refractivity contribution is 5.99. The third-order valence-corrected chi connectivity index (χ3v) is 5.55. The maximum Gasteiger partial charge on any atom is 0.246 e. The molecule has 0 spiro atoms. The van der Waals surface area contributed by atoms with E-state index in [0.29, 0.717) is 30.6 Å². The van der Waals surface area contributed by atoms with E-state index >= 15 is 0 Å². The second-order valence-corrected chi connectivity index (χ2v) is 7.67. The predicted octanol–water partition coefficient (Wildman–Crippen LogP) is 5.02. The quantitative estimate of drug-likeness (QED) is 0.435. The lowest BCUT2D eigenvalue weighted by atomic mass is 9.89. The summed E-state index contributed by atoms with van der Waals surface area (Å²) in [7, 11) is 0. The van der Waals surface area contributed by atoms with Crippen LogP contribution in [0.15, 0.2) is 79.1 Å². The maximum atomic E-state index is 14.7. The number of hydrogen-bond donors (Lipinski definition) is 0. The lowest BCUT2D eigenvalue weighted by molar-refractivity contribution is -0.127. The normalized spacial score (nSPS) is 16.4. The van der Waals surface area contributed by atoms with Gasteiger partial charge in [0.1, 0.15) is 5.82 Å². The van der Waals surface area contributed by atoms with Gasteiger partial charge in [0.15, 0.2) is 5.78 Å². The number of likely N-dealkylation sites (tertiary alicyclic amines) is 1. The molecule has 2 aromatic carbocycles. The molecule has 1 atom stereocenters. The average molecular weight is 414 g/mol. The number of halogens is 1. The Balaban J connectivity index is 1.44. The van der Waals surface area contributed by atoms with Crippen molar-refractivity contribution in [3.8, 4) is 11.1 Å². The van der Waals surface area contributed by atoms with E-state index in [-0.39, 0.29) is 17.6 Å². The van der Waals surface area contributed by atoms with Gasteiger partial charge in [-0.15, -0.1) is 0 Å². The van der Waals surface area contributed by atoms with Crippen molar-refractivity contribution < 1.29 is 14.0 Å². The van der Waals surface area contributed by atoms with Crippen molar-refractivity contribution in [3.63, 3.8) is 0 Å². The largest absolute Gasteiger partial charge is 0.338 e. The Morgan fingerprint density at radius 3 is 2.65 bits per heavy atom. The molecule has 1 saturated heterocycles. The summed E-state index contributed by atoms with van der Waals surface area (Å²) in [6.07, 6.45) is 8.02. The highest BCUT2D eigenvalue weighted by atomic mass is 19.1. The van der Waals surface area contributed by atoms with Crippen molar-refractivity contribution in [1.82, 2.24) is 9.88 Å². The minimum Gasteiger partial charge on any atom is -0.338 e. The van der Waals surface area contributed by atoms with E-state index in [4.69, 9.17) is 0 Å². The van der Waals surface area contributed by atoms with Crippen LogP contribution < -0.4 is 0 Å². The van der Waals surface area contributed by atoms with Crippen molar-refractivity contribution in [2.45, 2.75) is 12.8 Å². The maximum absolute atomic E-state index is 14.7. The van der Waals surface area contributed by atoms with Crippen LogP contribution >= 0.6 is 0 Å². The number of nitrogens with zero attached hydrogens (tertiary/aromatic N) is 2. The van der Waals surface area contributed by atoms with Gasteiger partial charge in [-0.2, -0.15) is 0 Å². The Labute approximate surface area is 181 Å². The minimum atomic E-state index is -0.416. The number of ketones is 1. The molecule has 4 nitrogen and oxygen atoms in total. The molecule has 0 bridgehead atoms. The average Bonchev–Trinajstić information content (AvgIpc) is 2.83. The first-order valence-electron chi connectivity index (χ1n) is 10.4. The van der Waals surface area contributed by atoms with E-state index in [1.165, 1.54) is 12.1 Å². The molecular weight excluding hydrogens is 391 g/mol. The van der Waals surface area contributed by atoms with Crippen molar-refractivity contribution >= 4 is 17.8 Å². The van der Waals surface area contributed by atoms with Crippen molar-refractivity contribution in [2.24, 2.45) is 5.92 Å². The zero-order chi connectivity index (χ0) is 21.6. The molecule has 156 valence electrons. The fourth-order valence-electron chi connectivity index (χ4n) is 3.89. The zero-order valence-electron chi connectivity index (χ0n) is 17.1. The van der Waals surface area contributed by atoms with Gasteiger partial charge in [0, 0.05) is 48.6 Å². The van der Waals surface area contributed by atoms with Crippen molar-refractivity contribution in [2.75, 3.05) is 13.1 Å². The zero-order valence-corrected chi connectivity index (χ0v) is 17.1. The van der Waals surface area contributed by atoms with Crippen LogP contribution in [0.3, 0.4) is 0 Å². The third-order valence-electron chi connectivity index (χ3n) is 5.55. The van der Waals surface area contributed by atoms with Crippen LogP contribution in [0.1, 0.15) is 28.8 Å². The van der Waals surface area contributed by atoms with Crippen LogP contribution in [0, 0.1) is 11.7 Å². The first-order valence-corrected chi connectivity index (χ1v) is 10.4. The summed E-state index contributed by atoms with van der Waals surface area (Å²) in [4.78, 5) is 31.3. The molecule has 1 aromatic heterocycles. The van der Waals surface area contributed by atoms with Gasteiger partial charge in [-0.1, -0.05) is 48.5 Å². The summed E-state index contributed by atoms with van der Waals surface area (Å²) >= 11 is 0. The molecule has 31 heavy (non-hydrogen) atoms. The van der Waals surface area contributed by atoms with Gasteiger partial charge in [0.2, 0.25) is 5.91 Å². The van der Waals surface area contributed by atoms with E-state index in [9.17, 15) is 14.0 Å². The number of Topliss-reactive ketones (excluding diaryl/α,β-unsaturated/α-hetero) is 1. The van der Waals surface area contributed by atoms with Gasteiger partial charge < -0.3 is 4.90 Å². The van der Waals surface area contributed by atoms with Crippen LogP contribution in [0.25, 0.3) is 17.2 Å². The Bertz CT molecular complexity index is 1100. The fourth-order valence-corrected chi connectivity index (χ4v) is 3.89. The topological polar surface area (TPSA) is 50.3 Å². The van der Waals surface area contributed by atoms with E-state index in [2.05, 4.69) is 4.98 Å². The lowest BCUT2D eigenvalue weighted by Gasteiger charge is -2.31. The summed E-state index contributed by atoms with van der Waals surface area (Å²) in [5.74, 6) is -0.995. The summed E-state index contributed by atoms with van der Waals surface area (Å²) in [5, 5.41) is 0. The van der Waals surface area contributed by atoms with Gasteiger partial charge >= 0.3 is 0 Å². The number of benzene rings is 2. The predicted molar refractivity (Wildman–Crippen MR) is 119 cm³/mol. The van der Waals surface area contributed by atoms with Crippen LogP contribution in [0.2, 0.25) is 0 Å². The van der Waals surface area contributed by atoms with E-state index < -0.39 is 5.82 Å². The highest BCUT2D eigenvalue weighted by Gasteiger charge is 2.28. The molecular formula is C26H23FN2O2. The molecule has 3 aromatic rings. The van der Waals surface area contributed by atoms with Gasteiger partial charge in [-0.05, 0) is 42.2 Å². The Hall–Kier alpha value is -3.60. The van der Waals surface area contributed by atoms with Crippen molar-refractivity contribution in [3.05, 3.63) is 96.1 Å². The summed E-state index contributed by atoms with van der Waals surface area (Å²) < 4.78 is 14.7. The van der Waals surface area contributed by atoms with Gasteiger partial charge in [-0.25, -0.2) is 4.39 Å². The molecule has 0 aliphatic carbocycles. The summed E-state index contributed by atoms with van der Waals surface area (Å²) in [6, 6.07) is 17.6. The second kappa shape index (κ2) is 9.47. The number of pyridine rings is 1. The standard InChI is InChI=1S/C26H23FN2O2/c27-24-16-21(11-12-23(24)20-7-2-1-3-8-20)26(31)22-9-5-15-29(18-22)25(30)13-10-19-6-4-14-28-17-19/h1-4,6-8,10-14,16-17,22H,5,9,15,18H2. The first kappa shape index (κ1) is 20.7. The molecule has 2 heterocycles. The molecule has 0 N–H and O–H groups in total. The van der Waals surface area contributed by atoms with Gasteiger partial charge in [0.05, 0.1) is 0 Å². The SMILES string of the molecule is O=C(c1ccc(-c2ccccc2)c(F)c1)C1CCCN(C(=O)C=Cc2cccnc2)C1. The second-order valence-electron chi connectivity index (χ2n) is 7.67. The lowest BCUT2D eigenvalue weighted by Crippen LogP contribution is -2.41. The molecule has 0 saturated carbocycles. The molecule has 1 unspecified atom stereocenters. The van der Waals surface area contributed by atoms with E-state index in [1.54, 1.807) is 35.5 Å². The van der Waals surface area contributed by atoms with Crippen LogP contribution in [-0.4, -0.2) is 34.7 Å². The van der Waals surface area contributed by atoms with Gasteiger partial charge in [0.25, 0.3) is 0 Å². The smallest absolute Gasteiger partial charge is 0.246 e. The van der Waals surface area contributed by atoms with Crippen LogP contribution in [0.5, 0.6) is 0 Å². The Morgan fingerprint density at radius 2 is 1.90 bits per heavy atom. The molecule has 1 fully saturated rings. The molecule has 1 aliphatic heterocycles. The minimum absolute atomic E-state index is 0.118. The molecule has 0 radical (unpaired) electrons. The highest BCUT2D eigenvalue weighted by Crippen LogP contribution is 2.26. The molecule has 1 amide bonds. The number of aromatic nitrogens is 1.